The fraction of sp³-hybridized carbons (Fsp3) is 1.00. The second kappa shape index (κ2) is 4.83. The molecule has 1 atom stereocenters. The van der Waals surface area contributed by atoms with E-state index in [1.54, 1.807) is 0 Å². The van der Waals surface area contributed by atoms with E-state index < -0.39 is 6.29 Å². The number of aliphatic hydroxyl groups is 1. The molecular weight excluding hydrogens is 152 g/mol. The monoisotopic (exact) mass is 174 g/mol. The molecule has 0 aromatic rings. The summed E-state index contributed by atoms with van der Waals surface area (Å²) in [6, 6.07) is 0. The van der Waals surface area contributed by atoms with E-state index in [0.717, 1.165) is 6.42 Å². The lowest BCUT2D eigenvalue weighted by Crippen LogP contribution is -2.29. The van der Waals surface area contributed by atoms with Crippen molar-refractivity contribution in [1.82, 2.24) is 0 Å². The van der Waals surface area contributed by atoms with Crippen LogP contribution < -0.4 is 0 Å². The molecule has 0 bridgehead atoms. The van der Waals surface area contributed by atoms with Gasteiger partial charge in [0.25, 0.3) is 0 Å². The Bertz CT molecular complexity index is 113. The van der Waals surface area contributed by atoms with Crippen LogP contribution in [0.2, 0.25) is 0 Å². The van der Waals surface area contributed by atoms with E-state index in [1.807, 2.05) is 20.8 Å². The molecule has 0 aliphatic heterocycles. The van der Waals surface area contributed by atoms with Crippen LogP contribution in [-0.4, -0.2) is 18.0 Å². The van der Waals surface area contributed by atoms with E-state index in [1.165, 1.54) is 0 Å². The van der Waals surface area contributed by atoms with Gasteiger partial charge in [0.1, 0.15) is 0 Å². The van der Waals surface area contributed by atoms with E-state index in [-0.39, 0.29) is 5.41 Å². The van der Waals surface area contributed by atoms with Crippen LogP contribution in [-0.2, 0) is 4.74 Å². The molecule has 12 heavy (non-hydrogen) atoms. The van der Waals surface area contributed by atoms with Gasteiger partial charge < -0.3 is 9.84 Å². The Hall–Kier alpha value is -0.0800. The summed E-state index contributed by atoms with van der Waals surface area (Å²) in [5, 5.41) is 9.48. The van der Waals surface area contributed by atoms with Gasteiger partial charge in [-0.15, -0.1) is 0 Å². The van der Waals surface area contributed by atoms with Gasteiger partial charge in [0.15, 0.2) is 6.29 Å². The van der Waals surface area contributed by atoms with Crippen LogP contribution in [0.25, 0.3) is 0 Å². The average Bonchev–Trinajstić information content (AvgIpc) is 1.84. The molecule has 0 fully saturated rings. The van der Waals surface area contributed by atoms with E-state index in [2.05, 4.69) is 13.8 Å². The van der Waals surface area contributed by atoms with Crippen molar-refractivity contribution in [3.05, 3.63) is 0 Å². The van der Waals surface area contributed by atoms with Crippen molar-refractivity contribution in [2.45, 2.75) is 47.3 Å². The standard InChI is InChI=1S/C10H22O2/c1-8(2)6-7-12-9(11)10(3,4)5/h8-9,11H,6-7H2,1-5H3. The lowest BCUT2D eigenvalue weighted by atomic mass is 9.96. The Balaban J connectivity index is 3.51. The summed E-state index contributed by atoms with van der Waals surface area (Å²) in [5.74, 6) is 0.636. The molecule has 1 N–H and O–H groups in total. The summed E-state index contributed by atoms with van der Waals surface area (Å²) in [6.07, 6.45) is 0.365. The maximum absolute atomic E-state index is 9.48. The van der Waals surface area contributed by atoms with E-state index in [9.17, 15) is 5.11 Å². The predicted octanol–water partition coefficient (Wildman–Crippen LogP) is 2.41. The molecule has 0 heterocycles. The SMILES string of the molecule is CC(C)CCOC(O)C(C)(C)C. The van der Waals surface area contributed by atoms with Gasteiger partial charge in [0, 0.05) is 12.0 Å². The molecule has 0 amide bonds. The van der Waals surface area contributed by atoms with Gasteiger partial charge in [0.05, 0.1) is 0 Å². The fourth-order valence-corrected chi connectivity index (χ4v) is 0.665. The predicted molar refractivity (Wildman–Crippen MR) is 50.9 cm³/mol. The molecule has 0 aromatic carbocycles. The minimum Gasteiger partial charge on any atom is -0.368 e. The van der Waals surface area contributed by atoms with Gasteiger partial charge >= 0.3 is 0 Å². The Kier molecular flexibility index (Phi) is 4.80. The van der Waals surface area contributed by atoms with Gasteiger partial charge in [0.2, 0.25) is 0 Å². The summed E-state index contributed by atoms with van der Waals surface area (Å²) in [7, 11) is 0. The van der Waals surface area contributed by atoms with Gasteiger partial charge in [-0.25, -0.2) is 0 Å². The third kappa shape index (κ3) is 5.56. The largest absolute Gasteiger partial charge is 0.368 e. The van der Waals surface area contributed by atoms with Crippen LogP contribution >= 0.6 is 0 Å². The highest BCUT2D eigenvalue weighted by molar-refractivity contribution is 4.64. The number of aliphatic hydroxyl groups excluding tert-OH is 1. The molecule has 0 spiro atoms. The molecule has 74 valence electrons. The molecule has 2 heteroatoms. The Morgan fingerprint density at radius 1 is 1.25 bits per heavy atom. The summed E-state index contributed by atoms with van der Waals surface area (Å²) in [5.41, 5.74) is -0.170. The second-order valence-electron chi connectivity index (χ2n) is 4.77. The molecule has 2 nitrogen and oxygen atoms in total. The zero-order chi connectivity index (χ0) is 9.78. The van der Waals surface area contributed by atoms with Crippen LogP contribution in [0.5, 0.6) is 0 Å². The molecule has 0 saturated carbocycles. The lowest BCUT2D eigenvalue weighted by molar-refractivity contribution is -0.160. The minimum absolute atomic E-state index is 0.170. The number of rotatable bonds is 4. The first-order valence-electron chi connectivity index (χ1n) is 4.63. The van der Waals surface area contributed by atoms with Crippen LogP contribution in [0.3, 0.4) is 0 Å². The van der Waals surface area contributed by atoms with Gasteiger partial charge in [-0.05, 0) is 12.3 Å². The summed E-state index contributed by atoms with van der Waals surface area (Å²) >= 11 is 0. The lowest BCUT2D eigenvalue weighted by Gasteiger charge is -2.25. The normalized spacial score (nSPS) is 15.2. The highest BCUT2D eigenvalue weighted by Gasteiger charge is 2.22. The second-order valence-corrected chi connectivity index (χ2v) is 4.77. The van der Waals surface area contributed by atoms with Crippen molar-refractivity contribution < 1.29 is 9.84 Å². The van der Waals surface area contributed by atoms with Crippen molar-refractivity contribution in [1.29, 1.82) is 0 Å². The van der Waals surface area contributed by atoms with Crippen molar-refractivity contribution in [3.63, 3.8) is 0 Å². The Labute approximate surface area is 75.9 Å². The van der Waals surface area contributed by atoms with E-state index >= 15 is 0 Å². The molecule has 0 aliphatic rings. The van der Waals surface area contributed by atoms with Gasteiger partial charge in [-0.3, -0.25) is 0 Å². The molecule has 0 saturated heterocycles. The maximum Gasteiger partial charge on any atom is 0.159 e. The van der Waals surface area contributed by atoms with Crippen molar-refractivity contribution >= 4 is 0 Å². The quantitative estimate of drug-likeness (QED) is 0.663. The highest BCUT2D eigenvalue weighted by Crippen LogP contribution is 2.20. The number of hydrogen-bond acceptors (Lipinski definition) is 2. The van der Waals surface area contributed by atoms with Crippen LogP contribution in [0.4, 0.5) is 0 Å². The first kappa shape index (κ1) is 11.9. The highest BCUT2D eigenvalue weighted by atomic mass is 16.6. The smallest absolute Gasteiger partial charge is 0.159 e. The average molecular weight is 174 g/mol. The van der Waals surface area contributed by atoms with E-state index in [0.29, 0.717) is 12.5 Å². The van der Waals surface area contributed by atoms with Crippen molar-refractivity contribution in [3.8, 4) is 0 Å². The molecule has 0 aliphatic carbocycles. The molecule has 0 radical (unpaired) electrons. The molecule has 1 unspecified atom stereocenters. The van der Waals surface area contributed by atoms with Gasteiger partial charge in [-0.1, -0.05) is 34.6 Å². The number of ether oxygens (including phenoxy) is 1. The van der Waals surface area contributed by atoms with Crippen molar-refractivity contribution in [2.24, 2.45) is 11.3 Å². The van der Waals surface area contributed by atoms with Crippen LogP contribution in [0, 0.1) is 11.3 Å². The first-order valence-corrected chi connectivity index (χ1v) is 4.63. The minimum atomic E-state index is -0.642. The zero-order valence-corrected chi connectivity index (χ0v) is 8.92. The maximum atomic E-state index is 9.48. The summed E-state index contributed by atoms with van der Waals surface area (Å²) < 4.78 is 5.27. The molecule has 0 rings (SSSR count). The summed E-state index contributed by atoms with van der Waals surface area (Å²) in [6.45, 7) is 10.8. The zero-order valence-electron chi connectivity index (χ0n) is 8.92. The van der Waals surface area contributed by atoms with Gasteiger partial charge in [-0.2, -0.15) is 0 Å². The van der Waals surface area contributed by atoms with Crippen LogP contribution in [0.15, 0.2) is 0 Å². The van der Waals surface area contributed by atoms with E-state index in [4.69, 9.17) is 4.74 Å². The Morgan fingerprint density at radius 2 is 1.75 bits per heavy atom. The van der Waals surface area contributed by atoms with Crippen molar-refractivity contribution in [2.75, 3.05) is 6.61 Å². The topological polar surface area (TPSA) is 29.5 Å². The number of hydrogen-bond donors (Lipinski definition) is 1. The Morgan fingerprint density at radius 3 is 2.08 bits per heavy atom. The molecule has 0 aromatic heterocycles. The first-order chi connectivity index (χ1) is 5.34. The summed E-state index contributed by atoms with van der Waals surface area (Å²) in [4.78, 5) is 0. The van der Waals surface area contributed by atoms with Crippen LogP contribution in [0.1, 0.15) is 41.0 Å². The fourth-order valence-electron chi connectivity index (χ4n) is 0.665. The molecular formula is C10H22O2. The third-order valence-corrected chi connectivity index (χ3v) is 1.71. The third-order valence-electron chi connectivity index (χ3n) is 1.71.